The molecule has 3 nitrogen and oxygen atoms in total. The van der Waals surface area contributed by atoms with Crippen LogP contribution < -0.4 is 9.47 Å². The van der Waals surface area contributed by atoms with Gasteiger partial charge in [-0.05, 0) is 35.7 Å². The molecule has 0 spiro atoms. The molecule has 98 valence electrons. The van der Waals surface area contributed by atoms with Gasteiger partial charge >= 0.3 is 6.29 Å². The first kappa shape index (κ1) is 13.1. The van der Waals surface area contributed by atoms with Crippen LogP contribution in [0.2, 0.25) is 0 Å². The number of fused-ring (bicyclic) bond motifs is 1. The second kappa shape index (κ2) is 4.72. The van der Waals surface area contributed by atoms with Crippen LogP contribution in [-0.2, 0) is 4.79 Å². The molecule has 0 radical (unpaired) electrons. The first-order chi connectivity index (χ1) is 8.43. The maximum atomic E-state index is 12.8. The van der Waals surface area contributed by atoms with E-state index in [4.69, 9.17) is 11.6 Å². The molecule has 0 amide bonds. The summed E-state index contributed by atoms with van der Waals surface area (Å²) < 4.78 is 34.3. The van der Waals surface area contributed by atoms with E-state index >= 15 is 0 Å². The summed E-state index contributed by atoms with van der Waals surface area (Å²) in [5.74, 6) is -0.627. The van der Waals surface area contributed by atoms with Gasteiger partial charge in [0.05, 0.1) is 5.92 Å². The van der Waals surface area contributed by atoms with Crippen molar-refractivity contribution in [2.75, 3.05) is 0 Å². The minimum Gasteiger partial charge on any atom is -0.395 e. The largest absolute Gasteiger partial charge is 0.586 e. The van der Waals surface area contributed by atoms with Crippen LogP contribution in [-0.4, -0.2) is 11.5 Å². The number of benzene rings is 1. The van der Waals surface area contributed by atoms with Crippen molar-refractivity contribution in [2.24, 2.45) is 0 Å². The third kappa shape index (κ3) is 2.56. The predicted molar refractivity (Wildman–Crippen MR) is 61.2 cm³/mol. The molecule has 1 aliphatic rings. The van der Waals surface area contributed by atoms with Crippen molar-refractivity contribution >= 4 is 16.8 Å². The van der Waals surface area contributed by atoms with E-state index in [0.29, 0.717) is 12.0 Å². The van der Waals surface area contributed by atoms with E-state index in [1.54, 1.807) is 6.07 Å². The van der Waals surface area contributed by atoms with Crippen LogP contribution in [0.3, 0.4) is 0 Å². The summed E-state index contributed by atoms with van der Waals surface area (Å²) in [6.07, 6.45) is -2.34. The zero-order valence-corrected chi connectivity index (χ0v) is 10.3. The van der Waals surface area contributed by atoms with Gasteiger partial charge in [-0.1, -0.05) is 19.4 Å². The Hall–Kier alpha value is -1.36. The van der Waals surface area contributed by atoms with Crippen LogP contribution in [0.25, 0.3) is 0 Å². The fourth-order valence-corrected chi connectivity index (χ4v) is 2.12. The van der Waals surface area contributed by atoms with E-state index in [0.717, 1.165) is 6.42 Å². The molecule has 0 N–H and O–H groups in total. The Morgan fingerprint density at radius 2 is 2.06 bits per heavy atom. The minimum absolute atomic E-state index is 0.0407. The van der Waals surface area contributed by atoms with E-state index in [1.807, 2.05) is 6.92 Å². The van der Waals surface area contributed by atoms with Gasteiger partial charge in [0.1, 0.15) is 0 Å². The van der Waals surface area contributed by atoms with Crippen LogP contribution in [0.5, 0.6) is 11.5 Å². The molecule has 1 aromatic rings. The summed E-state index contributed by atoms with van der Waals surface area (Å²) in [5, 5.41) is -0.512. The lowest BCUT2D eigenvalue weighted by Gasteiger charge is -2.11. The van der Waals surface area contributed by atoms with Crippen molar-refractivity contribution in [3.05, 3.63) is 23.8 Å². The Kier molecular flexibility index (Phi) is 3.43. The molecule has 1 heterocycles. The monoisotopic (exact) mass is 276 g/mol. The van der Waals surface area contributed by atoms with E-state index in [-0.39, 0.29) is 11.5 Å². The van der Waals surface area contributed by atoms with Crippen LogP contribution in [0, 0.1) is 0 Å². The number of hydrogen-bond donors (Lipinski definition) is 0. The zero-order valence-electron chi connectivity index (χ0n) is 9.58. The number of ether oxygens (including phenoxy) is 2. The Labute approximate surface area is 108 Å². The van der Waals surface area contributed by atoms with Gasteiger partial charge in [0.2, 0.25) is 5.24 Å². The molecule has 1 aliphatic heterocycles. The summed E-state index contributed by atoms with van der Waals surface area (Å²) in [7, 11) is 0. The number of carbonyl (C=O) groups is 1. The predicted octanol–water partition coefficient (Wildman–Crippen LogP) is 3.66. The first-order valence-corrected chi connectivity index (χ1v) is 5.90. The van der Waals surface area contributed by atoms with Crippen molar-refractivity contribution in [2.45, 2.75) is 32.0 Å². The molecular weight excluding hydrogens is 266 g/mol. The highest BCUT2D eigenvalue weighted by Crippen LogP contribution is 2.42. The quantitative estimate of drug-likeness (QED) is 0.787. The Morgan fingerprint density at radius 1 is 1.39 bits per heavy atom. The highest BCUT2D eigenvalue weighted by molar-refractivity contribution is 6.64. The summed E-state index contributed by atoms with van der Waals surface area (Å²) >= 11 is 5.50. The lowest BCUT2D eigenvalue weighted by Crippen LogP contribution is -2.25. The van der Waals surface area contributed by atoms with Gasteiger partial charge in [0, 0.05) is 0 Å². The van der Waals surface area contributed by atoms with Crippen LogP contribution in [0.4, 0.5) is 8.78 Å². The summed E-state index contributed by atoms with van der Waals surface area (Å²) in [6, 6.07) is 4.27. The fourth-order valence-electron chi connectivity index (χ4n) is 1.88. The van der Waals surface area contributed by atoms with Crippen molar-refractivity contribution in [3.63, 3.8) is 0 Å². The number of alkyl halides is 2. The molecule has 6 heteroatoms. The SMILES string of the molecule is CCCC(C(=O)Cl)c1ccc2c(c1)OC(F)(F)O2. The van der Waals surface area contributed by atoms with E-state index in [2.05, 4.69) is 9.47 Å². The van der Waals surface area contributed by atoms with Gasteiger partial charge in [-0.3, -0.25) is 4.79 Å². The van der Waals surface area contributed by atoms with Gasteiger partial charge in [-0.25, -0.2) is 0 Å². The van der Waals surface area contributed by atoms with Crippen LogP contribution >= 0.6 is 11.6 Å². The van der Waals surface area contributed by atoms with E-state index in [9.17, 15) is 13.6 Å². The van der Waals surface area contributed by atoms with Gasteiger partial charge in [-0.15, -0.1) is 8.78 Å². The number of halogens is 3. The zero-order chi connectivity index (χ0) is 13.3. The van der Waals surface area contributed by atoms with Gasteiger partial charge in [0.15, 0.2) is 11.5 Å². The third-order valence-corrected chi connectivity index (χ3v) is 2.94. The van der Waals surface area contributed by atoms with Crippen molar-refractivity contribution in [1.29, 1.82) is 0 Å². The molecular formula is C12H11ClF2O3. The number of carbonyl (C=O) groups excluding carboxylic acids is 1. The Morgan fingerprint density at radius 3 is 2.67 bits per heavy atom. The topological polar surface area (TPSA) is 35.5 Å². The van der Waals surface area contributed by atoms with Crippen molar-refractivity contribution in [1.82, 2.24) is 0 Å². The molecule has 1 unspecified atom stereocenters. The minimum atomic E-state index is -3.65. The van der Waals surface area contributed by atoms with E-state index < -0.39 is 17.5 Å². The lowest BCUT2D eigenvalue weighted by molar-refractivity contribution is -0.286. The van der Waals surface area contributed by atoms with Crippen molar-refractivity contribution in [3.8, 4) is 11.5 Å². The molecule has 1 aromatic carbocycles. The molecule has 1 atom stereocenters. The highest BCUT2D eigenvalue weighted by Gasteiger charge is 2.43. The van der Waals surface area contributed by atoms with Gasteiger partial charge in [-0.2, -0.15) is 0 Å². The van der Waals surface area contributed by atoms with Gasteiger partial charge in [0.25, 0.3) is 0 Å². The molecule has 0 aromatic heterocycles. The summed E-state index contributed by atoms with van der Waals surface area (Å²) in [6.45, 7) is 1.91. The summed E-state index contributed by atoms with van der Waals surface area (Å²) in [5.41, 5.74) is 0.553. The van der Waals surface area contributed by atoms with E-state index in [1.165, 1.54) is 12.1 Å². The average molecular weight is 277 g/mol. The molecule has 0 aliphatic carbocycles. The highest BCUT2D eigenvalue weighted by atomic mass is 35.5. The normalized spacial score (nSPS) is 17.6. The molecule has 0 saturated carbocycles. The molecule has 0 bridgehead atoms. The number of rotatable bonds is 4. The number of hydrogen-bond acceptors (Lipinski definition) is 3. The third-order valence-electron chi connectivity index (χ3n) is 2.68. The average Bonchev–Trinajstić information content (AvgIpc) is 2.58. The summed E-state index contributed by atoms with van der Waals surface area (Å²) in [4.78, 5) is 11.3. The smallest absolute Gasteiger partial charge is 0.395 e. The fraction of sp³-hybridized carbons (Fsp3) is 0.417. The maximum absolute atomic E-state index is 12.8. The molecule has 18 heavy (non-hydrogen) atoms. The lowest BCUT2D eigenvalue weighted by atomic mass is 9.95. The van der Waals surface area contributed by atoms with Gasteiger partial charge < -0.3 is 9.47 Å². The Bertz CT molecular complexity index is 476. The van der Waals surface area contributed by atoms with Crippen molar-refractivity contribution < 1.29 is 23.0 Å². The first-order valence-electron chi connectivity index (χ1n) is 5.52. The molecule has 0 fully saturated rings. The maximum Gasteiger partial charge on any atom is 0.586 e. The second-order valence-electron chi connectivity index (χ2n) is 4.02. The second-order valence-corrected chi connectivity index (χ2v) is 4.39. The van der Waals surface area contributed by atoms with Crippen LogP contribution in [0.1, 0.15) is 31.2 Å². The van der Waals surface area contributed by atoms with Crippen LogP contribution in [0.15, 0.2) is 18.2 Å². The Balaban J connectivity index is 2.30. The standard InChI is InChI=1S/C12H11ClF2O3/c1-2-3-8(11(13)16)7-4-5-9-10(6-7)18-12(14,15)17-9/h4-6,8H,2-3H2,1H3. The molecule has 0 saturated heterocycles. The molecule has 2 rings (SSSR count).